The summed E-state index contributed by atoms with van der Waals surface area (Å²) in [6.45, 7) is 7.92. The predicted molar refractivity (Wildman–Crippen MR) is 88.2 cm³/mol. The van der Waals surface area contributed by atoms with Crippen molar-refractivity contribution in [1.82, 2.24) is 10.2 Å². The summed E-state index contributed by atoms with van der Waals surface area (Å²) in [6.07, 6.45) is 0.934. The maximum atomic E-state index is 12.4. The van der Waals surface area contributed by atoms with E-state index in [0.717, 1.165) is 18.5 Å². The van der Waals surface area contributed by atoms with Gasteiger partial charge >= 0.3 is 0 Å². The Morgan fingerprint density at radius 2 is 1.81 bits per heavy atom. The number of rotatable bonds is 6. The molecule has 21 heavy (non-hydrogen) atoms. The lowest BCUT2D eigenvalue weighted by Crippen LogP contribution is -2.45. The van der Waals surface area contributed by atoms with Crippen LogP contribution in [0.15, 0.2) is 24.3 Å². The van der Waals surface area contributed by atoms with Crippen LogP contribution in [0.4, 0.5) is 0 Å². The fraction of sp³-hybridized carbons (Fsp3) is 0.588. The number of carbonyl (C=O) groups excluding carboxylic acids is 1. The monoisotopic (exact) mass is 291 g/mol. The zero-order valence-corrected chi connectivity index (χ0v) is 13.9. The van der Waals surface area contributed by atoms with Crippen molar-refractivity contribution in [3.05, 3.63) is 35.4 Å². The number of hydrogen-bond donors (Lipinski definition) is 2. The summed E-state index contributed by atoms with van der Waals surface area (Å²) in [5.74, 6) is -0.0164. The van der Waals surface area contributed by atoms with E-state index in [-0.39, 0.29) is 17.4 Å². The molecule has 0 fully saturated rings. The van der Waals surface area contributed by atoms with Crippen LogP contribution in [0.2, 0.25) is 0 Å². The fourth-order valence-corrected chi connectivity index (χ4v) is 2.14. The summed E-state index contributed by atoms with van der Waals surface area (Å²) < 4.78 is 0. The summed E-state index contributed by atoms with van der Waals surface area (Å²) in [6, 6.07) is 7.62. The first-order valence-electron chi connectivity index (χ1n) is 7.48. The van der Waals surface area contributed by atoms with Crippen LogP contribution in [-0.4, -0.2) is 37.5 Å². The summed E-state index contributed by atoms with van der Waals surface area (Å²) in [5, 5.41) is 3.17. The number of nitrogens with two attached hydrogens (primary N) is 1. The van der Waals surface area contributed by atoms with Gasteiger partial charge in [-0.3, -0.25) is 4.79 Å². The Kier molecular flexibility index (Phi) is 6.37. The highest BCUT2D eigenvalue weighted by atomic mass is 16.1. The molecule has 0 bridgehead atoms. The number of carbonyl (C=O) groups is 1. The third-order valence-electron chi connectivity index (χ3n) is 3.67. The van der Waals surface area contributed by atoms with Crippen molar-refractivity contribution in [1.29, 1.82) is 0 Å². The molecule has 1 unspecified atom stereocenters. The van der Waals surface area contributed by atoms with Gasteiger partial charge in [0.05, 0.1) is 0 Å². The highest BCUT2D eigenvalue weighted by Crippen LogP contribution is 2.22. The summed E-state index contributed by atoms with van der Waals surface area (Å²) >= 11 is 0. The minimum Gasteiger partial charge on any atom is -0.349 e. The summed E-state index contributed by atoms with van der Waals surface area (Å²) in [5.41, 5.74) is 7.33. The lowest BCUT2D eigenvalue weighted by Gasteiger charge is -2.32. The van der Waals surface area contributed by atoms with Crippen LogP contribution in [0.3, 0.4) is 0 Å². The molecule has 0 saturated heterocycles. The maximum Gasteiger partial charge on any atom is 0.251 e. The van der Waals surface area contributed by atoms with Crippen LogP contribution in [0.25, 0.3) is 0 Å². The van der Waals surface area contributed by atoms with Crippen LogP contribution in [0.1, 0.15) is 43.1 Å². The van der Waals surface area contributed by atoms with Crippen molar-refractivity contribution in [3.63, 3.8) is 0 Å². The van der Waals surface area contributed by atoms with Gasteiger partial charge in [0.15, 0.2) is 0 Å². The van der Waals surface area contributed by atoms with Gasteiger partial charge in [0, 0.05) is 18.2 Å². The van der Waals surface area contributed by atoms with E-state index in [2.05, 4.69) is 31.0 Å². The normalized spacial score (nSPS) is 13.3. The Balaban J connectivity index is 2.74. The molecule has 1 aromatic carbocycles. The SMILES string of the molecule is CN(C)CCC(NC(=O)c1ccc(CN)cc1)C(C)(C)C. The van der Waals surface area contributed by atoms with E-state index in [9.17, 15) is 4.79 Å². The third kappa shape index (κ3) is 5.86. The van der Waals surface area contributed by atoms with E-state index >= 15 is 0 Å². The van der Waals surface area contributed by atoms with Crippen molar-refractivity contribution in [2.75, 3.05) is 20.6 Å². The van der Waals surface area contributed by atoms with E-state index in [1.165, 1.54) is 0 Å². The Labute approximate surface area is 128 Å². The molecule has 0 radical (unpaired) electrons. The number of nitrogens with one attached hydrogen (secondary N) is 1. The Hall–Kier alpha value is -1.39. The zero-order valence-electron chi connectivity index (χ0n) is 13.9. The van der Waals surface area contributed by atoms with Gasteiger partial charge in [-0.15, -0.1) is 0 Å². The van der Waals surface area contributed by atoms with E-state index in [0.29, 0.717) is 12.1 Å². The molecule has 0 aliphatic rings. The molecule has 0 heterocycles. The van der Waals surface area contributed by atoms with Gasteiger partial charge in [0.25, 0.3) is 5.91 Å². The van der Waals surface area contributed by atoms with E-state index in [1.807, 2.05) is 38.4 Å². The van der Waals surface area contributed by atoms with Crippen LogP contribution in [0, 0.1) is 5.41 Å². The first-order chi connectivity index (χ1) is 9.74. The first kappa shape index (κ1) is 17.7. The molecule has 118 valence electrons. The molecule has 1 amide bonds. The number of benzene rings is 1. The third-order valence-corrected chi connectivity index (χ3v) is 3.67. The van der Waals surface area contributed by atoms with Crippen LogP contribution >= 0.6 is 0 Å². The minimum atomic E-state index is -0.0164. The summed E-state index contributed by atoms with van der Waals surface area (Å²) in [4.78, 5) is 14.5. The second kappa shape index (κ2) is 7.57. The van der Waals surface area contributed by atoms with Gasteiger partial charge in [0.1, 0.15) is 0 Å². The first-order valence-corrected chi connectivity index (χ1v) is 7.48. The highest BCUT2D eigenvalue weighted by Gasteiger charge is 2.26. The molecular weight excluding hydrogens is 262 g/mol. The average molecular weight is 291 g/mol. The maximum absolute atomic E-state index is 12.4. The van der Waals surface area contributed by atoms with Crippen molar-refractivity contribution in [3.8, 4) is 0 Å². The molecule has 0 saturated carbocycles. The zero-order chi connectivity index (χ0) is 16.0. The second-order valence-corrected chi connectivity index (χ2v) is 6.89. The predicted octanol–water partition coefficient (Wildman–Crippen LogP) is 2.24. The van der Waals surface area contributed by atoms with Crippen molar-refractivity contribution in [2.24, 2.45) is 11.1 Å². The van der Waals surface area contributed by atoms with Gasteiger partial charge in [-0.2, -0.15) is 0 Å². The molecule has 4 nitrogen and oxygen atoms in total. The number of nitrogens with zero attached hydrogens (tertiary/aromatic N) is 1. The molecule has 1 aromatic rings. The van der Waals surface area contributed by atoms with E-state index in [4.69, 9.17) is 5.73 Å². The van der Waals surface area contributed by atoms with Gasteiger partial charge < -0.3 is 16.0 Å². The number of hydrogen-bond acceptors (Lipinski definition) is 3. The van der Waals surface area contributed by atoms with Crippen molar-refractivity contribution in [2.45, 2.75) is 39.8 Å². The Bertz CT molecular complexity index is 446. The largest absolute Gasteiger partial charge is 0.349 e. The minimum absolute atomic E-state index is 0.0164. The Morgan fingerprint density at radius 3 is 2.24 bits per heavy atom. The molecule has 1 atom stereocenters. The highest BCUT2D eigenvalue weighted by molar-refractivity contribution is 5.94. The van der Waals surface area contributed by atoms with Gasteiger partial charge in [-0.1, -0.05) is 32.9 Å². The molecule has 0 aromatic heterocycles. The van der Waals surface area contributed by atoms with E-state index in [1.54, 1.807) is 0 Å². The number of amides is 1. The molecule has 3 N–H and O–H groups in total. The van der Waals surface area contributed by atoms with E-state index < -0.39 is 0 Å². The lowest BCUT2D eigenvalue weighted by atomic mass is 9.84. The molecule has 0 spiro atoms. The van der Waals surface area contributed by atoms with Crippen LogP contribution in [0.5, 0.6) is 0 Å². The quantitative estimate of drug-likeness (QED) is 0.845. The van der Waals surface area contributed by atoms with Gasteiger partial charge in [-0.25, -0.2) is 0 Å². The fourth-order valence-electron chi connectivity index (χ4n) is 2.14. The lowest BCUT2D eigenvalue weighted by molar-refractivity contribution is 0.0893. The van der Waals surface area contributed by atoms with Gasteiger partial charge in [0.2, 0.25) is 0 Å². The van der Waals surface area contributed by atoms with Gasteiger partial charge in [-0.05, 0) is 50.2 Å². The molecule has 1 rings (SSSR count). The smallest absolute Gasteiger partial charge is 0.251 e. The van der Waals surface area contributed by atoms with Crippen molar-refractivity contribution >= 4 is 5.91 Å². The molecular formula is C17H29N3O. The summed E-state index contributed by atoms with van der Waals surface area (Å²) in [7, 11) is 4.10. The topological polar surface area (TPSA) is 58.4 Å². The standard InChI is InChI=1S/C17H29N3O/c1-17(2,3)15(10-11-20(4)5)19-16(21)14-8-6-13(12-18)7-9-14/h6-9,15H,10-12,18H2,1-5H3,(H,19,21). The Morgan fingerprint density at radius 1 is 1.24 bits per heavy atom. The molecule has 0 aliphatic heterocycles. The molecule has 4 heteroatoms. The van der Waals surface area contributed by atoms with Crippen molar-refractivity contribution < 1.29 is 4.79 Å². The molecule has 0 aliphatic carbocycles. The van der Waals surface area contributed by atoms with Crippen LogP contribution in [-0.2, 0) is 6.54 Å². The van der Waals surface area contributed by atoms with Crippen LogP contribution < -0.4 is 11.1 Å². The average Bonchev–Trinajstić information content (AvgIpc) is 2.41. The second-order valence-electron chi connectivity index (χ2n) is 6.89.